The van der Waals surface area contributed by atoms with E-state index < -0.39 is 90.1 Å². The molecule has 5 fully saturated rings. The number of nitrogens with one attached hydrogen (secondary N) is 1. The molecule has 6 rings (SSSR count). The Morgan fingerprint density at radius 2 is 1.67 bits per heavy atom. The molecule has 1 amide bonds. The van der Waals surface area contributed by atoms with Crippen LogP contribution in [0.2, 0.25) is 0 Å². The Morgan fingerprint density at radius 3 is 2.34 bits per heavy atom. The first kappa shape index (κ1) is 50.3. The highest BCUT2D eigenvalue weighted by molar-refractivity contribution is 7.90. The number of hydrogen-bond acceptors (Lipinski definition) is 20. The van der Waals surface area contributed by atoms with Gasteiger partial charge in [0.2, 0.25) is 5.91 Å². The first-order valence-electron chi connectivity index (χ1n) is 21.5. The normalized spacial score (nSPS) is 34.4. The zero-order chi connectivity index (χ0) is 46.2. The van der Waals surface area contributed by atoms with Crippen molar-refractivity contribution in [3.05, 3.63) is 42.0 Å². The number of benzene rings is 1. The van der Waals surface area contributed by atoms with Gasteiger partial charge in [0.15, 0.2) is 37.0 Å². The highest BCUT2D eigenvalue weighted by atomic mass is 32.2. The van der Waals surface area contributed by atoms with Gasteiger partial charge in [0.25, 0.3) is 0 Å². The van der Waals surface area contributed by atoms with Crippen LogP contribution in [0.25, 0.3) is 0 Å². The smallest absolute Gasteiger partial charge is 0.306 e. The summed E-state index contributed by atoms with van der Waals surface area (Å²) >= 11 is 0.0886. The van der Waals surface area contributed by atoms with Crippen LogP contribution >= 0.6 is 24.6 Å². The van der Waals surface area contributed by atoms with Gasteiger partial charge in [-0.3, -0.25) is 37.6 Å². The highest BCUT2D eigenvalue weighted by Crippen LogP contribution is 2.70. The van der Waals surface area contributed by atoms with Crippen molar-refractivity contribution in [3.63, 3.8) is 0 Å². The van der Waals surface area contributed by atoms with Crippen LogP contribution in [0.5, 0.6) is 5.75 Å². The maximum Gasteiger partial charge on any atom is 0.306 e. The number of rotatable bonds is 22. The van der Waals surface area contributed by atoms with E-state index in [0.29, 0.717) is 25.7 Å². The van der Waals surface area contributed by atoms with Gasteiger partial charge < -0.3 is 50.1 Å². The minimum Gasteiger partial charge on any atom is -0.691 e. The van der Waals surface area contributed by atoms with Gasteiger partial charge in [-0.2, -0.15) is 0 Å². The SMILES string of the molecule is C=C1C2CCC3C4(C)CC(O[C@@H]5O[C@@H](COC(=O)CCC(=O)NCCc6ccc(O)cc6)[C@@H](OSOO[O-])[C@H](OSOO[O-])C5OC(=O)CC(C)C)CC(C(=O)O)C4CCC3(C2)[C@H]1O. The molecule has 5 aliphatic rings. The van der Waals surface area contributed by atoms with Crippen LogP contribution in [0, 0.1) is 40.4 Å². The molecule has 1 aromatic carbocycles. The maximum atomic E-state index is 13.4. The number of hydrogen-bond donors (Lipinski definition) is 4. The van der Waals surface area contributed by atoms with Crippen LogP contribution < -0.4 is 15.8 Å². The second-order valence-electron chi connectivity index (χ2n) is 18.1. The lowest BCUT2D eigenvalue weighted by atomic mass is 9.43. The number of aliphatic hydroxyl groups excluding tert-OH is 1. The van der Waals surface area contributed by atoms with Crippen molar-refractivity contribution >= 4 is 48.5 Å². The van der Waals surface area contributed by atoms with E-state index in [-0.39, 0.29) is 86.3 Å². The molecule has 2 bridgehead atoms. The van der Waals surface area contributed by atoms with Crippen LogP contribution in [0.3, 0.4) is 0 Å². The summed E-state index contributed by atoms with van der Waals surface area (Å²) in [4.78, 5) is 52.1. The van der Waals surface area contributed by atoms with Crippen LogP contribution in [-0.2, 0) is 71.7 Å². The Kier molecular flexibility index (Phi) is 17.8. The van der Waals surface area contributed by atoms with Crippen LogP contribution in [-0.4, -0.2) is 95.2 Å². The summed E-state index contributed by atoms with van der Waals surface area (Å²) in [5.74, 6) is -3.90. The molecule has 13 atom stereocenters. The average Bonchev–Trinajstić information content (AvgIpc) is 3.42. The summed E-state index contributed by atoms with van der Waals surface area (Å²) in [5, 5.41) is 63.0. The van der Waals surface area contributed by atoms with Crippen molar-refractivity contribution in [3.8, 4) is 5.75 Å². The van der Waals surface area contributed by atoms with Gasteiger partial charge in [-0.05, 0) is 104 Å². The molecule has 4 aliphatic carbocycles. The Labute approximate surface area is 379 Å². The number of aliphatic carboxylic acids is 1. The summed E-state index contributed by atoms with van der Waals surface area (Å²) in [6.07, 6.45) is -5.04. The van der Waals surface area contributed by atoms with Crippen molar-refractivity contribution < 1.29 is 91.1 Å². The number of carboxylic acid groups (broad SMARTS) is 1. The third-order valence-corrected chi connectivity index (χ3v) is 14.7. The number of carboxylic acids is 1. The number of carbonyl (C=O) groups is 4. The van der Waals surface area contributed by atoms with Crippen molar-refractivity contribution in [2.24, 2.45) is 40.4 Å². The third kappa shape index (κ3) is 11.7. The maximum absolute atomic E-state index is 13.4. The van der Waals surface area contributed by atoms with Crippen LogP contribution in [0.15, 0.2) is 36.4 Å². The summed E-state index contributed by atoms with van der Waals surface area (Å²) in [6.45, 7) is 9.58. The minimum atomic E-state index is -1.55. The van der Waals surface area contributed by atoms with Gasteiger partial charge in [0.05, 0.1) is 24.5 Å². The Morgan fingerprint density at radius 1 is 0.969 bits per heavy atom. The lowest BCUT2D eigenvalue weighted by Gasteiger charge is -2.62. The topological polar surface area (TPSA) is 279 Å². The van der Waals surface area contributed by atoms with E-state index in [1.165, 1.54) is 12.1 Å². The number of phenols is 1. The number of carbonyl (C=O) groups excluding carboxylic acids is 3. The van der Waals surface area contributed by atoms with Crippen LogP contribution in [0.4, 0.5) is 0 Å². The van der Waals surface area contributed by atoms with Gasteiger partial charge in [-0.15, -0.1) is 8.67 Å². The Bertz CT molecular complexity index is 1770. The van der Waals surface area contributed by atoms with Gasteiger partial charge >= 0.3 is 17.9 Å². The summed E-state index contributed by atoms with van der Waals surface area (Å²) in [6, 6.07) is 6.51. The number of phenolic OH excluding ortho intramolecular Hbond substituents is 1. The molecule has 1 aliphatic heterocycles. The molecular formula is C42H57NO19S2-2. The molecule has 20 nitrogen and oxygen atoms in total. The van der Waals surface area contributed by atoms with Crippen molar-refractivity contribution in [2.75, 3.05) is 13.2 Å². The molecule has 4 N–H and O–H groups in total. The average molecular weight is 944 g/mol. The van der Waals surface area contributed by atoms with Crippen molar-refractivity contribution in [1.82, 2.24) is 5.32 Å². The molecule has 22 heteroatoms. The second-order valence-corrected chi connectivity index (χ2v) is 19.0. The molecule has 64 heavy (non-hydrogen) atoms. The fourth-order valence-corrected chi connectivity index (χ4v) is 12.0. The van der Waals surface area contributed by atoms with E-state index in [4.69, 9.17) is 27.3 Å². The van der Waals surface area contributed by atoms with Gasteiger partial charge in [-0.25, -0.2) is 0 Å². The fourth-order valence-electron chi connectivity index (χ4n) is 11.2. The highest BCUT2D eigenvalue weighted by Gasteiger charge is 2.67. The molecule has 1 spiro atoms. The van der Waals surface area contributed by atoms with E-state index in [1.807, 2.05) is 0 Å². The van der Waals surface area contributed by atoms with Crippen molar-refractivity contribution in [2.45, 2.75) is 134 Å². The van der Waals surface area contributed by atoms with Crippen LogP contribution in [0.1, 0.15) is 90.5 Å². The number of aromatic hydroxyl groups is 1. The number of esters is 2. The van der Waals surface area contributed by atoms with Gasteiger partial charge in [-0.1, -0.05) is 39.5 Å². The summed E-state index contributed by atoms with van der Waals surface area (Å²) < 4.78 is 44.8. The molecule has 358 valence electrons. The number of fused-ring (bicyclic) bond motifs is 3. The molecule has 1 saturated heterocycles. The predicted molar refractivity (Wildman–Crippen MR) is 217 cm³/mol. The molecule has 1 heterocycles. The number of ether oxygens (including phenoxy) is 4. The van der Waals surface area contributed by atoms with E-state index in [1.54, 1.807) is 26.0 Å². The van der Waals surface area contributed by atoms with E-state index >= 15 is 0 Å². The molecule has 8 unspecified atom stereocenters. The quantitative estimate of drug-likeness (QED) is 0.0247. The molecular weight excluding hydrogens is 887 g/mol. The second kappa shape index (κ2) is 22.6. The molecule has 1 aromatic rings. The number of amides is 1. The Balaban J connectivity index is 1.23. The minimum absolute atomic E-state index is 0.0441. The molecule has 0 aromatic heterocycles. The molecule has 4 saturated carbocycles. The van der Waals surface area contributed by atoms with Gasteiger partial charge in [0.1, 0.15) is 30.7 Å². The first-order chi connectivity index (χ1) is 30.6. The van der Waals surface area contributed by atoms with E-state index in [9.17, 15) is 45.0 Å². The largest absolute Gasteiger partial charge is 0.691 e. The van der Waals surface area contributed by atoms with Crippen molar-refractivity contribution in [1.29, 1.82) is 0 Å². The predicted octanol–water partition coefficient (Wildman–Crippen LogP) is 3.03. The monoisotopic (exact) mass is 943 g/mol. The lowest BCUT2D eigenvalue weighted by Crippen LogP contribution is -2.63. The third-order valence-electron chi connectivity index (χ3n) is 13.9. The first-order valence-corrected chi connectivity index (χ1v) is 22.8. The lowest BCUT2D eigenvalue weighted by molar-refractivity contribution is -0.778. The Hall–Kier alpha value is -3.10. The standard InChI is InChI=1S/C42H59NO19S2/c1-22(2)17-34(47)56-37-36(58-64-62-60-52)35(57-63-61-59-51)30(21-53-33(46)12-11-32(45)43-16-14-24-5-8-26(44)9-6-24)55-40(37)54-27-18-28(39(49)50)29-13-15-42-19-25(23(3)38(42)48)7-10-31(42)41(29,4)20-27/h5-6,8-9,22,25,27-31,35-38,40,44,48,51-52H,3,7,10-21H2,1-2,4H3,(H,43,45)(H,49,50)/p-2/t25?,27?,28?,29?,30-,31?,35+,36-,37?,38-,40+,41?,42?/m0/s1. The number of aliphatic hydroxyl groups is 1. The van der Waals surface area contributed by atoms with E-state index in [2.05, 4.69) is 37.6 Å². The summed E-state index contributed by atoms with van der Waals surface area (Å²) in [7, 11) is 0. The fraction of sp³-hybridized carbons (Fsp3) is 0.714. The zero-order valence-electron chi connectivity index (χ0n) is 35.8. The molecule has 0 radical (unpaired) electrons. The van der Waals surface area contributed by atoms with Gasteiger partial charge in [0, 0.05) is 24.8 Å². The van der Waals surface area contributed by atoms with E-state index in [0.717, 1.165) is 30.4 Å². The zero-order valence-corrected chi connectivity index (χ0v) is 37.5. The summed E-state index contributed by atoms with van der Waals surface area (Å²) in [5.41, 5.74) is 0.648.